The number of imidazole rings is 1. The van der Waals surface area contributed by atoms with Gasteiger partial charge < -0.3 is 14.2 Å². The Morgan fingerprint density at radius 1 is 1.12 bits per heavy atom. The Kier molecular flexibility index (Phi) is 6.14. The lowest BCUT2D eigenvalue weighted by molar-refractivity contribution is 0.0569. The maximum Gasteiger partial charge on any atom is 0.416 e. The van der Waals surface area contributed by atoms with Gasteiger partial charge in [-0.1, -0.05) is 41.7 Å². The van der Waals surface area contributed by atoms with Crippen LogP contribution in [0.2, 0.25) is 0 Å². The summed E-state index contributed by atoms with van der Waals surface area (Å²) in [5.41, 5.74) is 2.44. The summed E-state index contributed by atoms with van der Waals surface area (Å²) in [7, 11) is 0. The Labute approximate surface area is 201 Å². The fraction of sp³-hybridized carbons (Fsp3) is 0.280. The molecule has 0 radical (unpaired) electrons. The van der Waals surface area contributed by atoms with Crippen LogP contribution < -0.4 is 4.90 Å². The number of carbonyl (C=O) groups excluding carboxylic acids is 1. The Hall–Kier alpha value is -3.72. The van der Waals surface area contributed by atoms with Gasteiger partial charge in [-0.05, 0) is 46.2 Å². The summed E-state index contributed by atoms with van der Waals surface area (Å²) in [6.07, 6.45) is 4.58. The third-order valence-corrected chi connectivity index (χ3v) is 5.99. The molecule has 3 heterocycles. The van der Waals surface area contributed by atoms with Crippen LogP contribution in [0.4, 0.5) is 9.93 Å². The van der Waals surface area contributed by atoms with E-state index >= 15 is 0 Å². The topological polar surface area (TPSA) is 97.0 Å². The van der Waals surface area contributed by atoms with Gasteiger partial charge in [0.15, 0.2) is 10.8 Å². The lowest BCUT2D eigenvalue weighted by Gasteiger charge is -2.28. The van der Waals surface area contributed by atoms with Crippen LogP contribution in [0.25, 0.3) is 27.2 Å². The van der Waals surface area contributed by atoms with E-state index in [1.54, 1.807) is 10.6 Å². The van der Waals surface area contributed by atoms with Gasteiger partial charge in [-0.3, -0.25) is 4.90 Å². The number of aromatic nitrogens is 3. The van der Waals surface area contributed by atoms with Gasteiger partial charge in [0, 0.05) is 35.8 Å². The quantitative estimate of drug-likeness (QED) is 0.379. The molecular formula is C25H26N4O4S. The average Bonchev–Trinajstić information content (AvgIpc) is 3.39. The molecule has 0 spiro atoms. The number of amides is 1. The SMILES string of the molecule is CC(C)N(C(=O)OC(C)(C)C)c1ncc(-c2cc(-c3ccccc3)c3nc(C(=O)O)cn3c2)s1. The highest BCUT2D eigenvalue weighted by Crippen LogP contribution is 2.36. The van der Waals surface area contributed by atoms with Crippen LogP contribution in [0.1, 0.15) is 45.1 Å². The van der Waals surface area contributed by atoms with Gasteiger partial charge in [0.25, 0.3) is 0 Å². The molecule has 176 valence electrons. The molecule has 3 aromatic heterocycles. The predicted molar refractivity (Wildman–Crippen MR) is 133 cm³/mol. The second kappa shape index (κ2) is 8.90. The number of hydrogen-bond donors (Lipinski definition) is 1. The summed E-state index contributed by atoms with van der Waals surface area (Å²) in [5.74, 6) is -1.09. The van der Waals surface area contributed by atoms with Gasteiger partial charge in [-0.15, -0.1) is 0 Å². The van der Waals surface area contributed by atoms with Crippen LogP contribution in [0.3, 0.4) is 0 Å². The average molecular weight is 479 g/mol. The van der Waals surface area contributed by atoms with E-state index in [0.29, 0.717) is 10.8 Å². The molecule has 34 heavy (non-hydrogen) atoms. The molecule has 4 aromatic rings. The number of anilines is 1. The molecule has 1 aromatic carbocycles. The molecule has 0 bridgehead atoms. The summed E-state index contributed by atoms with van der Waals surface area (Å²) < 4.78 is 7.29. The van der Waals surface area contributed by atoms with Gasteiger partial charge in [0.2, 0.25) is 0 Å². The molecule has 4 rings (SSSR count). The second-order valence-electron chi connectivity index (χ2n) is 9.12. The molecule has 0 aliphatic heterocycles. The van der Waals surface area contributed by atoms with Crippen LogP contribution in [-0.2, 0) is 4.74 Å². The zero-order valence-corrected chi connectivity index (χ0v) is 20.5. The van der Waals surface area contributed by atoms with Crippen LogP contribution in [-0.4, -0.2) is 43.2 Å². The first-order chi connectivity index (χ1) is 16.0. The number of aromatic carboxylic acids is 1. The lowest BCUT2D eigenvalue weighted by atomic mass is 10.0. The number of carbonyl (C=O) groups is 2. The van der Waals surface area contributed by atoms with Crippen molar-refractivity contribution in [2.75, 3.05) is 4.90 Å². The van der Waals surface area contributed by atoms with E-state index in [4.69, 9.17) is 4.74 Å². The Morgan fingerprint density at radius 2 is 1.82 bits per heavy atom. The molecule has 0 fully saturated rings. The highest BCUT2D eigenvalue weighted by Gasteiger charge is 2.28. The highest BCUT2D eigenvalue weighted by molar-refractivity contribution is 7.19. The van der Waals surface area contributed by atoms with Crippen molar-refractivity contribution in [1.29, 1.82) is 0 Å². The third kappa shape index (κ3) is 4.79. The number of rotatable bonds is 5. The van der Waals surface area contributed by atoms with Crippen molar-refractivity contribution in [2.24, 2.45) is 0 Å². The molecule has 0 aliphatic carbocycles. The van der Waals surface area contributed by atoms with E-state index in [1.807, 2.05) is 77.2 Å². The minimum Gasteiger partial charge on any atom is -0.476 e. The van der Waals surface area contributed by atoms with E-state index < -0.39 is 17.7 Å². The summed E-state index contributed by atoms with van der Waals surface area (Å²) >= 11 is 1.37. The Balaban J connectivity index is 1.80. The lowest BCUT2D eigenvalue weighted by Crippen LogP contribution is -2.41. The number of benzene rings is 1. The van der Waals surface area contributed by atoms with E-state index in [1.165, 1.54) is 22.4 Å². The summed E-state index contributed by atoms with van der Waals surface area (Å²) in [6.45, 7) is 9.29. The summed E-state index contributed by atoms with van der Waals surface area (Å²) in [6, 6.07) is 11.5. The maximum absolute atomic E-state index is 12.8. The second-order valence-corrected chi connectivity index (χ2v) is 10.1. The van der Waals surface area contributed by atoms with E-state index in [9.17, 15) is 14.7 Å². The molecule has 0 unspecified atom stereocenters. The van der Waals surface area contributed by atoms with Crippen LogP contribution in [0.15, 0.2) is 55.0 Å². The first-order valence-corrected chi connectivity index (χ1v) is 11.6. The van der Waals surface area contributed by atoms with Gasteiger partial charge in [0.1, 0.15) is 11.2 Å². The van der Waals surface area contributed by atoms with Crippen molar-refractivity contribution in [3.05, 3.63) is 60.7 Å². The molecule has 0 atom stereocenters. The molecule has 0 saturated heterocycles. The van der Waals surface area contributed by atoms with Crippen molar-refractivity contribution in [3.63, 3.8) is 0 Å². The standard InChI is InChI=1S/C25H26N4O4S/c1-15(2)29(24(32)33-25(3,4)5)23-26-12-20(34-23)17-11-18(16-9-7-6-8-10-16)21-27-19(22(30)31)14-28(21)13-17/h6-15H,1-5H3,(H,30,31). The maximum atomic E-state index is 12.8. The van der Waals surface area contributed by atoms with Crippen molar-refractivity contribution in [3.8, 4) is 21.6 Å². The number of ether oxygens (including phenoxy) is 1. The number of nitrogens with zero attached hydrogens (tertiary/aromatic N) is 4. The molecular weight excluding hydrogens is 452 g/mol. The van der Waals surface area contributed by atoms with E-state index in [0.717, 1.165) is 21.6 Å². The van der Waals surface area contributed by atoms with Gasteiger partial charge >= 0.3 is 12.1 Å². The van der Waals surface area contributed by atoms with E-state index in [-0.39, 0.29) is 11.7 Å². The summed E-state index contributed by atoms with van der Waals surface area (Å²) in [4.78, 5) is 35.6. The van der Waals surface area contributed by atoms with E-state index in [2.05, 4.69) is 9.97 Å². The minimum atomic E-state index is -1.09. The largest absolute Gasteiger partial charge is 0.476 e. The zero-order valence-electron chi connectivity index (χ0n) is 19.6. The number of pyridine rings is 1. The van der Waals surface area contributed by atoms with Crippen molar-refractivity contribution >= 4 is 34.2 Å². The molecule has 0 aliphatic rings. The highest BCUT2D eigenvalue weighted by atomic mass is 32.1. The molecule has 1 N–H and O–H groups in total. The van der Waals surface area contributed by atoms with Crippen molar-refractivity contribution < 1.29 is 19.4 Å². The fourth-order valence-electron chi connectivity index (χ4n) is 3.50. The first-order valence-electron chi connectivity index (χ1n) is 10.8. The van der Waals surface area contributed by atoms with Gasteiger partial charge in [0.05, 0.1) is 4.88 Å². The number of carboxylic acids is 1. The smallest absolute Gasteiger partial charge is 0.416 e. The summed E-state index contributed by atoms with van der Waals surface area (Å²) in [5, 5.41) is 9.97. The molecule has 1 amide bonds. The van der Waals surface area contributed by atoms with Crippen LogP contribution in [0.5, 0.6) is 0 Å². The molecule has 0 saturated carbocycles. The van der Waals surface area contributed by atoms with Gasteiger partial charge in [-0.25, -0.2) is 19.6 Å². The van der Waals surface area contributed by atoms with Crippen LogP contribution in [0, 0.1) is 0 Å². The molecule has 8 nitrogen and oxygen atoms in total. The monoisotopic (exact) mass is 478 g/mol. The minimum absolute atomic E-state index is 0.0322. The first kappa shape index (κ1) is 23.4. The fourth-order valence-corrected chi connectivity index (χ4v) is 4.52. The number of carboxylic acid groups (broad SMARTS) is 1. The number of thiazole rings is 1. The normalized spacial score (nSPS) is 11.7. The number of hydrogen-bond acceptors (Lipinski definition) is 6. The molecule has 9 heteroatoms. The Bertz CT molecular complexity index is 1350. The van der Waals surface area contributed by atoms with Crippen LogP contribution >= 0.6 is 11.3 Å². The zero-order chi connectivity index (χ0) is 24.6. The van der Waals surface area contributed by atoms with Gasteiger partial charge in [-0.2, -0.15) is 0 Å². The number of fused-ring (bicyclic) bond motifs is 1. The van der Waals surface area contributed by atoms with Crippen molar-refractivity contribution in [2.45, 2.75) is 46.3 Å². The van der Waals surface area contributed by atoms with Crippen molar-refractivity contribution in [1.82, 2.24) is 14.4 Å². The third-order valence-electron chi connectivity index (χ3n) is 4.95. The predicted octanol–water partition coefficient (Wildman–Crippen LogP) is 5.97. The Morgan fingerprint density at radius 3 is 2.44 bits per heavy atom.